The molecule has 3 N–H and O–H groups in total. The number of hydrogen-bond acceptors (Lipinski definition) is 4. The van der Waals surface area contributed by atoms with Crippen molar-refractivity contribution in [2.24, 2.45) is 5.84 Å². The smallest absolute Gasteiger partial charge is 0.0610 e. The van der Waals surface area contributed by atoms with E-state index in [0.29, 0.717) is 0 Å². The van der Waals surface area contributed by atoms with Gasteiger partial charge in [0.15, 0.2) is 0 Å². The van der Waals surface area contributed by atoms with Crippen LogP contribution in [0.1, 0.15) is 4.88 Å². The van der Waals surface area contributed by atoms with Crippen LogP contribution in [-0.2, 0) is 6.42 Å². The van der Waals surface area contributed by atoms with Crippen molar-refractivity contribution >= 4 is 11.3 Å². The minimum Gasteiger partial charge on any atom is -0.292 e. The molecule has 4 heteroatoms. The fourth-order valence-electron chi connectivity index (χ4n) is 0.991. The predicted octanol–water partition coefficient (Wildman–Crippen LogP) is 0.643. The van der Waals surface area contributed by atoms with Crippen LogP contribution in [0.3, 0.4) is 0 Å². The van der Waals surface area contributed by atoms with E-state index in [2.05, 4.69) is 27.8 Å². The Labute approximate surface area is 77.2 Å². The van der Waals surface area contributed by atoms with E-state index in [1.54, 1.807) is 11.3 Å². The molecular weight excluding hydrogens is 170 g/mol. The van der Waals surface area contributed by atoms with Crippen molar-refractivity contribution in [2.45, 2.75) is 6.42 Å². The van der Waals surface area contributed by atoms with Crippen LogP contribution in [0.5, 0.6) is 0 Å². The van der Waals surface area contributed by atoms with E-state index in [4.69, 9.17) is 5.84 Å². The zero-order chi connectivity index (χ0) is 8.81. The monoisotopic (exact) mass is 185 g/mol. The van der Waals surface area contributed by atoms with Gasteiger partial charge in [0.1, 0.15) is 0 Å². The molecule has 0 radical (unpaired) electrons. The second-order valence-electron chi connectivity index (χ2n) is 2.77. The fourth-order valence-corrected chi connectivity index (χ4v) is 1.69. The third-order valence-electron chi connectivity index (χ3n) is 1.68. The first-order valence-corrected chi connectivity index (χ1v) is 4.85. The van der Waals surface area contributed by atoms with Gasteiger partial charge in [-0.05, 0) is 24.9 Å². The van der Waals surface area contributed by atoms with Crippen molar-refractivity contribution in [3.05, 3.63) is 22.4 Å². The van der Waals surface area contributed by atoms with E-state index in [0.717, 1.165) is 19.6 Å². The third kappa shape index (κ3) is 3.32. The summed E-state index contributed by atoms with van der Waals surface area (Å²) in [6.07, 6.45) is 1.11. The van der Waals surface area contributed by atoms with Gasteiger partial charge >= 0.3 is 0 Å². The summed E-state index contributed by atoms with van der Waals surface area (Å²) in [6.45, 7) is 1.79. The molecule has 12 heavy (non-hydrogen) atoms. The number of rotatable bonds is 5. The normalized spacial score (nSPS) is 10.9. The van der Waals surface area contributed by atoms with Crippen molar-refractivity contribution in [1.82, 2.24) is 10.3 Å². The Morgan fingerprint density at radius 2 is 2.50 bits per heavy atom. The highest BCUT2D eigenvalue weighted by Crippen LogP contribution is 2.08. The quantitative estimate of drug-likeness (QED) is 0.402. The zero-order valence-electron chi connectivity index (χ0n) is 7.29. The average molecular weight is 185 g/mol. The van der Waals surface area contributed by atoms with Crippen LogP contribution in [0.15, 0.2) is 17.5 Å². The van der Waals surface area contributed by atoms with Crippen LogP contribution >= 0.6 is 11.3 Å². The molecule has 1 rings (SSSR count). The lowest BCUT2D eigenvalue weighted by Crippen LogP contribution is -2.36. The molecule has 0 unspecified atom stereocenters. The van der Waals surface area contributed by atoms with Crippen molar-refractivity contribution in [2.75, 3.05) is 20.3 Å². The first-order chi connectivity index (χ1) is 5.83. The zero-order valence-corrected chi connectivity index (χ0v) is 8.10. The molecule has 1 aromatic heterocycles. The van der Waals surface area contributed by atoms with E-state index in [-0.39, 0.29) is 0 Å². The van der Waals surface area contributed by atoms with E-state index >= 15 is 0 Å². The summed E-state index contributed by atoms with van der Waals surface area (Å²) in [5.74, 6) is 5.19. The topological polar surface area (TPSA) is 41.3 Å². The van der Waals surface area contributed by atoms with Gasteiger partial charge in [-0.3, -0.25) is 10.7 Å². The molecule has 0 aliphatic carbocycles. The summed E-state index contributed by atoms with van der Waals surface area (Å²) < 4.78 is 0. The lowest BCUT2D eigenvalue weighted by Gasteiger charge is -2.14. The summed E-state index contributed by atoms with van der Waals surface area (Å²) in [7, 11) is 2.05. The van der Waals surface area contributed by atoms with Gasteiger partial charge < -0.3 is 0 Å². The number of hydrogen-bond donors (Lipinski definition) is 2. The molecule has 0 spiro atoms. The molecular formula is C8H15N3S. The van der Waals surface area contributed by atoms with Gasteiger partial charge in [0.25, 0.3) is 0 Å². The molecule has 0 saturated heterocycles. The van der Waals surface area contributed by atoms with Gasteiger partial charge in [0.2, 0.25) is 0 Å². The molecule has 3 nitrogen and oxygen atoms in total. The van der Waals surface area contributed by atoms with Crippen LogP contribution in [0.2, 0.25) is 0 Å². The van der Waals surface area contributed by atoms with Crippen LogP contribution < -0.4 is 11.3 Å². The fraction of sp³-hybridized carbons (Fsp3) is 0.500. The molecule has 0 aliphatic rings. The van der Waals surface area contributed by atoms with Gasteiger partial charge in [0.05, 0.1) is 6.67 Å². The highest BCUT2D eigenvalue weighted by atomic mass is 32.1. The van der Waals surface area contributed by atoms with Crippen molar-refractivity contribution in [3.63, 3.8) is 0 Å². The number of hydrazine groups is 1. The minimum absolute atomic E-state index is 0.741. The molecule has 0 saturated carbocycles. The minimum atomic E-state index is 0.741. The number of nitrogens with one attached hydrogen (secondary N) is 1. The summed E-state index contributed by atoms with van der Waals surface area (Å²) in [4.78, 5) is 3.58. The molecule has 68 valence electrons. The first-order valence-electron chi connectivity index (χ1n) is 3.97. The van der Waals surface area contributed by atoms with E-state index < -0.39 is 0 Å². The van der Waals surface area contributed by atoms with Gasteiger partial charge in [-0.1, -0.05) is 6.07 Å². The summed E-state index contributed by atoms with van der Waals surface area (Å²) in [5, 5.41) is 2.11. The van der Waals surface area contributed by atoms with Crippen LogP contribution in [0.4, 0.5) is 0 Å². The molecule has 0 atom stereocenters. The second kappa shape index (κ2) is 5.27. The Morgan fingerprint density at radius 3 is 3.08 bits per heavy atom. The Hall–Kier alpha value is -0.420. The molecule has 0 amide bonds. The molecule has 0 bridgehead atoms. The summed E-state index contributed by atoms with van der Waals surface area (Å²) in [6, 6.07) is 4.25. The molecule has 0 fully saturated rings. The van der Waals surface area contributed by atoms with Gasteiger partial charge in [0, 0.05) is 11.4 Å². The highest BCUT2D eigenvalue weighted by molar-refractivity contribution is 7.09. The Bertz CT molecular complexity index is 198. The maximum atomic E-state index is 5.19. The second-order valence-corrected chi connectivity index (χ2v) is 3.80. The average Bonchev–Trinajstić information content (AvgIpc) is 2.53. The summed E-state index contributed by atoms with van der Waals surface area (Å²) in [5.41, 5.74) is 2.63. The van der Waals surface area contributed by atoms with Crippen LogP contribution in [-0.4, -0.2) is 25.2 Å². The Morgan fingerprint density at radius 1 is 1.67 bits per heavy atom. The largest absolute Gasteiger partial charge is 0.292 e. The molecule has 1 heterocycles. The molecule has 0 aromatic carbocycles. The van der Waals surface area contributed by atoms with Crippen molar-refractivity contribution < 1.29 is 0 Å². The van der Waals surface area contributed by atoms with Gasteiger partial charge in [-0.15, -0.1) is 11.3 Å². The maximum absolute atomic E-state index is 5.19. The maximum Gasteiger partial charge on any atom is 0.0610 e. The van der Waals surface area contributed by atoms with Gasteiger partial charge in [-0.25, -0.2) is 5.43 Å². The highest BCUT2D eigenvalue weighted by Gasteiger charge is 1.97. The van der Waals surface area contributed by atoms with Crippen molar-refractivity contribution in [1.29, 1.82) is 0 Å². The van der Waals surface area contributed by atoms with Crippen molar-refractivity contribution in [3.8, 4) is 0 Å². The molecule has 0 aliphatic heterocycles. The number of thiophene rings is 1. The molecule has 1 aromatic rings. The van der Waals surface area contributed by atoms with E-state index in [1.165, 1.54) is 4.88 Å². The first kappa shape index (κ1) is 9.67. The number of likely N-dealkylation sites (N-methyl/N-ethyl adjacent to an activating group) is 1. The van der Waals surface area contributed by atoms with E-state index in [9.17, 15) is 0 Å². The predicted molar refractivity (Wildman–Crippen MR) is 52.8 cm³/mol. The van der Waals surface area contributed by atoms with Crippen LogP contribution in [0, 0.1) is 0 Å². The lowest BCUT2D eigenvalue weighted by atomic mass is 10.3. The Kier molecular flexibility index (Phi) is 4.24. The van der Waals surface area contributed by atoms with E-state index in [1.807, 2.05) is 7.05 Å². The SMILES string of the molecule is CN(CCc1cccs1)CNN. The van der Waals surface area contributed by atoms with Crippen LogP contribution in [0.25, 0.3) is 0 Å². The standard InChI is InChI=1S/C8H15N3S/c1-11(7-10-9)5-4-8-3-2-6-12-8/h2-3,6,10H,4-5,7,9H2,1H3. The number of nitrogens with zero attached hydrogens (tertiary/aromatic N) is 1. The lowest BCUT2D eigenvalue weighted by molar-refractivity contribution is 0.313. The Balaban J connectivity index is 2.17. The number of nitrogens with two attached hydrogens (primary N) is 1. The van der Waals surface area contributed by atoms with Gasteiger partial charge in [-0.2, -0.15) is 0 Å². The third-order valence-corrected chi connectivity index (χ3v) is 2.62. The summed E-state index contributed by atoms with van der Waals surface area (Å²) >= 11 is 1.80.